The van der Waals surface area contributed by atoms with Gasteiger partial charge in [-0.15, -0.1) is 0 Å². The highest BCUT2D eigenvalue weighted by atomic mass is 16.5. The maximum Gasteiger partial charge on any atom is 0.303 e. The Hall–Kier alpha value is -1.35. The third kappa shape index (κ3) is 2.73. The van der Waals surface area contributed by atoms with E-state index in [1.165, 1.54) is 36.8 Å². The molecule has 20 heavy (non-hydrogen) atoms. The molecule has 1 unspecified atom stereocenters. The van der Waals surface area contributed by atoms with Crippen molar-refractivity contribution in [3.8, 4) is 0 Å². The summed E-state index contributed by atoms with van der Waals surface area (Å²) in [6.45, 7) is 0.785. The lowest BCUT2D eigenvalue weighted by atomic mass is 9.88. The van der Waals surface area contributed by atoms with Gasteiger partial charge in [0.15, 0.2) is 0 Å². The van der Waals surface area contributed by atoms with Crippen molar-refractivity contribution in [1.29, 1.82) is 0 Å². The molecule has 1 aromatic carbocycles. The first-order chi connectivity index (χ1) is 9.64. The fourth-order valence-electron chi connectivity index (χ4n) is 3.27. The van der Waals surface area contributed by atoms with E-state index in [1.54, 1.807) is 7.11 Å². The van der Waals surface area contributed by atoms with E-state index in [2.05, 4.69) is 24.3 Å². The standard InChI is InChI=1S/C17H22O3/c1-20-11-17(8-9-17)14-6-4-13(5-7-14)15(10-16(18)19)12-2-3-12/h4-7,12,15H,2-3,8-11H2,1H3,(H,18,19). The molecule has 0 spiro atoms. The molecular formula is C17H22O3. The molecule has 2 aliphatic carbocycles. The maximum absolute atomic E-state index is 11.0. The molecule has 0 bridgehead atoms. The highest BCUT2D eigenvalue weighted by molar-refractivity contribution is 5.68. The summed E-state index contributed by atoms with van der Waals surface area (Å²) < 4.78 is 5.32. The Morgan fingerprint density at radius 3 is 2.45 bits per heavy atom. The van der Waals surface area contributed by atoms with Crippen molar-refractivity contribution in [2.75, 3.05) is 13.7 Å². The van der Waals surface area contributed by atoms with Gasteiger partial charge in [-0.25, -0.2) is 0 Å². The molecule has 1 N–H and O–H groups in total. The van der Waals surface area contributed by atoms with Crippen molar-refractivity contribution in [2.45, 2.75) is 43.4 Å². The van der Waals surface area contributed by atoms with Crippen LogP contribution in [0.1, 0.15) is 49.1 Å². The van der Waals surface area contributed by atoms with Crippen molar-refractivity contribution < 1.29 is 14.6 Å². The van der Waals surface area contributed by atoms with Gasteiger partial charge in [-0.2, -0.15) is 0 Å². The van der Waals surface area contributed by atoms with Gasteiger partial charge in [0.1, 0.15) is 0 Å². The zero-order valence-corrected chi connectivity index (χ0v) is 12.0. The van der Waals surface area contributed by atoms with Gasteiger partial charge in [0, 0.05) is 12.5 Å². The van der Waals surface area contributed by atoms with Crippen molar-refractivity contribution in [3.63, 3.8) is 0 Å². The molecule has 2 aliphatic rings. The fourth-order valence-corrected chi connectivity index (χ4v) is 3.27. The van der Waals surface area contributed by atoms with Crippen LogP contribution >= 0.6 is 0 Å². The summed E-state index contributed by atoms with van der Waals surface area (Å²) in [5, 5.41) is 9.07. The van der Waals surface area contributed by atoms with Gasteiger partial charge in [0.25, 0.3) is 0 Å². The van der Waals surface area contributed by atoms with Crippen molar-refractivity contribution >= 4 is 5.97 Å². The van der Waals surface area contributed by atoms with Crippen LogP contribution in [0.4, 0.5) is 0 Å². The van der Waals surface area contributed by atoms with E-state index < -0.39 is 5.97 Å². The minimum atomic E-state index is -0.691. The number of hydrogen-bond acceptors (Lipinski definition) is 2. The lowest BCUT2D eigenvalue weighted by molar-refractivity contribution is -0.137. The number of methoxy groups -OCH3 is 1. The van der Waals surface area contributed by atoms with Gasteiger partial charge in [-0.05, 0) is 48.6 Å². The highest BCUT2D eigenvalue weighted by Gasteiger charge is 2.44. The van der Waals surface area contributed by atoms with Gasteiger partial charge in [0.2, 0.25) is 0 Å². The Balaban J connectivity index is 1.76. The van der Waals surface area contributed by atoms with Crippen LogP contribution < -0.4 is 0 Å². The summed E-state index contributed by atoms with van der Waals surface area (Å²) in [6.07, 6.45) is 5.00. The van der Waals surface area contributed by atoms with Crippen LogP contribution in [-0.2, 0) is 14.9 Å². The van der Waals surface area contributed by atoms with Gasteiger partial charge in [-0.3, -0.25) is 4.79 Å². The van der Waals surface area contributed by atoms with E-state index in [4.69, 9.17) is 9.84 Å². The van der Waals surface area contributed by atoms with E-state index in [9.17, 15) is 4.79 Å². The van der Waals surface area contributed by atoms with Gasteiger partial charge >= 0.3 is 5.97 Å². The topological polar surface area (TPSA) is 46.5 Å². The third-order valence-electron chi connectivity index (χ3n) is 4.81. The van der Waals surface area contributed by atoms with Crippen molar-refractivity contribution in [3.05, 3.63) is 35.4 Å². The minimum Gasteiger partial charge on any atom is -0.481 e. The molecule has 0 heterocycles. The Labute approximate surface area is 120 Å². The average molecular weight is 274 g/mol. The summed E-state index contributed by atoms with van der Waals surface area (Å²) in [4.78, 5) is 11.0. The second-order valence-corrected chi connectivity index (χ2v) is 6.38. The zero-order valence-electron chi connectivity index (χ0n) is 12.0. The fraction of sp³-hybridized carbons (Fsp3) is 0.588. The molecule has 0 radical (unpaired) electrons. The van der Waals surface area contributed by atoms with Crippen LogP contribution in [0.25, 0.3) is 0 Å². The molecule has 2 fully saturated rings. The van der Waals surface area contributed by atoms with E-state index in [0.29, 0.717) is 5.92 Å². The number of carboxylic acids is 1. The molecule has 0 amide bonds. The third-order valence-corrected chi connectivity index (χ3v) is 4.81. The van der Waals surface area contributed by atoms with Crippen LogP contribution in [0.2, 0.25) is 0 Å². The number of carboxylic acid groups (broad SMARTS) is 1. The summed E-state index contributed by atoms with van der Waals surface area (Å²) in [7, 11) is 1.75. The number of carbonyl (C=O) groups is 1. The number of benzene rings is 1. The molecule has 1 aromatic rings. The van der Waals surface area contributed by atoms with Gasteiger partial charge in [-0.1, -0.05) is 24.3 Å². The number of hydrogen-bond donors (Lipinski definition) is 1. The SMILES string of the molecule is COCC1(c2ccc(C(CC(=O)O)C3CC3)cc2)CC1. The van der Waals surface area contributed by atoms with Crippen LogP contribution in [0, 0.1) is 5.92 Å². The normalized spacial score (nSPS) is 21.4. The molecule has 108 valence electrons. The molecule has 2 saturated carbocycles. The summed E-state index contributed by atoms with van der Waals surface area (Å²) >= 11 is 0. The Bertz CT molecular complexity index is 483. The number of aliphatic carboxylic acids is 1. The minimum absolute atomic E-state index is 0.194. The average Bonchev–Trinajstić information content (AvgIpc) is 3.31. The van der Waals surface area contributed by atoms with E-state index in [-0.39, 0.29) is 17.8 Å². The quantitative estimate of drug-likeness (QED) is 0.829. The first-order valence-corrected chi connectivity index (χ1v) is 7.46. The molecule has 3 rings (SSSR count). The van der Waals surface area contributed by atoms with Crippen molar-refractivity contribution in [1.82, 2.24) is 0 Å². The largest absolute Gasteiger partial charge is 0.481 e. The number of rotatable bonds is 7. The Morgan fingerprint density at radius 2 is 2.00 bits per heavy atom. The van der Waals surface area contributed by atoms with E-state index >= 15 is 0 Å². The summed E-state index contributed by atoms with van der Waals surface area (Å²) in [5.74, 6) is 0.0777. The van der Waals surface area contributed by atoms with Crippen LogP contribution in [-0.4, -0.2) is 24.8 Å². The Kier molecular flexibility index (Phi) is 3.55. The zero-order chi connectivity index (χ0) is 14.2. The highest BCUT2D eigenvalue weighted by Crippen LogP contribution is 2.49. The van der Waals surface area contributed by atoms with Gasteiger partial charge < -0.3 is 9.84 Å². The summed E-state index contributed by atoms with van der Waals surface area (Å²) in [5.41, 5.74) is 2.76. The smallest absolute Gasteiger partial charge is 0.303 e. The molecule has 1 atom stereocenters. The van der Waals surface area contributed by atoms with E-state index in [0.717, 1.165) is 6.61 Å². The second kappa shape index (κ2) is 5.21. The second-order valence-electron chi connectivity index (χ2n) is 6.38. The predicted molar refractivity (Wildman–Crippen MR) is 76.9 cm³/mol. The van der Waals surface area contributed by atoms with Crippen LogP contribution in [0.15, 0.2) is 24.3 Å². The number of ether oxygens (including phenoxy) is 1. The van der Waals surface area contributed by atoms with Crippen LogP contribution in [0.3, 0.4) is 0 Å². The molecule has 0 aromatic heterocycles. The first-order valence-electron chi connectivity index (χ1n) is 7.46. The maximum atomic E-state index is 11.0. The summed E-state index contributed by atoms with van der Waals surface area (Å²) in [6, 6.07) is 8.63. The molecule has 0 saturated heterocycles. The molecule has 3 nitrogen and oxygen atoms in total. The Morgan fingerprint density at radius 1 is 1.35 bits per heavy atom. The monoisotopic (exact) mass is 274 g/mol. The first kappa shape index (κ1) is 13.6. The molecule has 3 heteroatoms. The lowest BCUT2D eigenvalue weighted by Gasteiger charge is -2.18. The molecular weight excluding hydrogens is 252 g/mol. The van der Waals surface area contributed by atoms with Gasteiger partial charge in [0.05, 0.1) is 13.0 Å². The predicted octanol–water partition coefficient (Wildman–Crippen LogP) is 3.33. The lowest BCUT2D eigenvalue weighted by Crippen LogP contribution is -2.14. The van der Waals surface area contributed by atoms with E-state index in [1.807, 2.05) is 0 Å². The van der Waals surface area contributed by atoms with Crippen molar-refractivity contribution in [2.24, 2.45) is 5.92 Å². The van der Waals surface area contributed by atoms with Crippen LogP contribution in [0.5, 0.6) is 0 Å². The molecule has 0 aliphatic heterocycles.